The van der Waals surface area contributed by atoms with Gasteiger partial charge in [0.15, 0.2) is 0 Å². The molecule has 2 atom stereocenters. The van der Waals surface area contributed by atoms with Gasteiger partial charge in [0.2, 0.25) is 15.9 Å². The van der Waals surface area contributed by atoms with E-state index in [0.717, 1.165) is 5.56 Å². The van der Waals surface area contributed by atoms with Crippen molar-refractivity contribution in [3.8, 4) is 0 Å². The number of carbonyl (C=O) groups excluding carboxylic acids is 1. The van der Waals surface area contributed by atoms with Gasteiger partial charge >= 0.3 is 0 Å². The molecule has 0 aliphatic carbocycles. The molecule has 0 aromatic heterocycles. The second kappa shape index (κ2) is 5.66. The van der Waals surface area contributed by atoms with Crippen LogP contribution in [0.3, 0.4) is 0 Å². The first kappa shape index (κ1) is 17.0. The molecule has 5 nitrogen and oxygen atoms in total. The van der Waals surface area contributed by atoms with E-state index in [1.807, 2.05) is 19.1 Å². The zero-order chi connectivity index (χ0) is 16.7. The molecular weight excluding hydrogens is 300 g/mol. The number of amides is 1. The normalized spacial score (nSPS) is 23.6. The third kappa shape index (κ3) is 3.17. The van der Waals surface area contributed by atoms with Gasteiger partial charge < -0.3 is 5.73 Å². The van der Waals surface area contributed by atoms with E-state index in [0.29, 0.717) is 6.54 Å². The summed E-state index contributed by atoms with van der Waals surface area (Å²) >= 11 is 0. The summed E-state index contributed by atoms with van der Waals surface area (Å²) in [5.41, 5.74) is 6.39. The fourth-order valence-electron chi connectivity index (χ4n) is 2.76. The standard InChI is InChI=1S/C16H24N2O3S/c1-11-9-18(10-14(11)15(17)19)22(20,21)13-7-5-12(6-8-13)16(2,3)4/h5-8,11,14H,9-10H2,1-4H3,(H2,17,19)/t11-,14-/m1/s1. The minimum atomic E-state index is -3.57. The highest BCUT2D eigenvalue weighted by Crippen LogP contribution is 2.29. The SMILES string of the molecule is C[C@@H]1CN(S(=O)(=O)c2ccc(C(C)(C)C)cc2)C[C@H]1C(N)=O. The Morgan fingerprint density at radius 1 is 1.18 bits per heavy atom. The summed E-state index contributed by atoms with van der Waals surface area (Å²) < 4.78 is 26.7. The van der Waals surface area contributed by atoms with Crippen molar-refractivity contribution in [2.24, 2.45) is 17.6 Å². The van der Waals surface area contributed by atoms with Gasteiger partial charge in [0.05, 0.1) is 10.8 Å². The van der Waals surface area contributed by atoms with Crippen molar-refractivity contribution < 1.29 is 13.2 Å². The van der Waals surface area contributed by atoms with Crippen LogP contribution in [0, 0.1) is 11.8 Å². The average molecular weight is 324 g/mol. The minimum Gasteiger partial charge on any atom is -0.369 e. The number of benzene rings is 1. The van der Waals surface area contributed by atoms with Gasteiger partial charge in [-0.2, -0.15) is 4.31 Å². The predicted octanol–water partition coefficient (Wildman–Crippen LogP) is 1.73. The van der Waals surface area contributed by atoms with Crippen LogP contribution in [-0.2, 0) is 20.2 Å². The lowest BCUT2D eigenvalue weighted by Crippen LogP contribution is -2.32. The van der Waals surface area contributed by atoms with Crippen LogP contribution in [0.1, 0.15) is 33.3 Å². The third-order valence-electron chi connectivity index (χ3n) is 4.30. The molecule has 0 unspecified atom stereocenters. The van der Waals surface area contributed by atoms with Crippen molar-refractivity contribution in [2.75, 3.05) is 13.1 Å². The molecule has 1 fully saturated rings. The van der Waals surface area contributed by atoms with Crippen LogP contribution in [0.15, 0.2) is 29.2 Å². The number of sulfonamides is 1. The van der Waals surface area contributed by atoms with Crippen molar-refractivity contribution in [1.29, 1.82) is 0 Å². The Labute approximate surface area is 132 Å². The van der Waals surface area contributed by atoms with Gasteiger partial charge in [-0.15, -0.1) is 0 Å². The molecular formula is C16H24N2O3S. The highest BCUT2D eigenvalue weighted by Gasteiger charge is 2.39. The third-order valence-corrected chi connectivity index (χ3v) is 6.15. The summed E-state index contributed by atoms with van der Waals surface area (Å²) in [4.78, 5) is 11.6. The lowest BCUT2D eigenvalue weighted by atomic mass is 9.87. The number of hydrogen-bond donors (Lipinski definition) is 1. The molecule has 22 heavy (non-hydrogen) atoms. The van der Waals surface area contributed by atoms with Gasteiger partial charge in [-0.05, 0) is 29.0 Å². The maximum atomic E-state index is 12.7. The lowest BCUT2D eigenvalue weighted by Gasteiger charge is -2.20. The van der Waals surface area contributed by atoms with E-state index in [9.17, 15) is 13.2 Å². The Kier molecular flexibility index (Phi) is 4.37. The number of carbonyl (C=O) groups is 1. The monoisotopic (exact) mass is 324 g/mol. The summed E-state index contributed by atoms with van der Waals surface area (Å²) in [6.07, 6.45) is 0. The first-order valence-electron chi connectivity index (χ1n) is 7.43. The Balaban J connectivity index is 2.26. The largest absolute Gasteiger partial charge is 0.369 e. The smallest absolute Gasteiger partial charge is 0.243 e. The van der Waals surface area contributed by atoms with Gasteiger partial charge in [0, 0.05) is 13.1 Å². The number of hydrogen-bond acceptors (Lipinski definition) is 3. The van der Waals surface area contributed by atoms with Crippen LogP contribution in [0.4, 0.5) is 0 Å². The summed E-state index contributed by atoms with van der Waals surface area (Å²) in [5, 5.41) is 0. The molecule has 1 heterocycles. The highest BCUT2D eigenvalue weighted by atomic mass is 32.2. The van der Waals surface area contributed by atoms with Crippen molar-refractivity contribution in [3.05, 3.63) is 29.8 Å². The molecule has 2 rings (SSSR count). The van der Waals surface area contributed by atoms with Crippen LogP contribution < -0.4 is 5.73 Å². The van der Waals surface area contributed by atoms with Crippen LogP contribution in [0.2, 0.25) is 0 Å². The number of rotatable bonds is 3. The Morgan fingerprint density at radius 2 is 1.73 bits per heavy atom. The second-order valence-corrected chi connectivity index (χ2v) is 9.02. The van der Waals surface area contributed by atoms with Crippen LogP contribution in [0.5, 0.6) is 0 Å². The molecule has 6 heteroatoms. The first-order valence-corrected chi connectivity index (χ1v) is 8.87. The molecule has 0 spiro atoms. The lowest BCUT2D eigenvalue weighted by molar-refractivity contribution is -0.122. The van der Waals surface area contributed by atoms with E-state index < -0.39 is 21.8 Å². The summed E-state index contributed by atoms with van der Waals surface area (Å²) in [7, 11) is -3.57. The van der Waals surface area contributed by atoms with E-state index >= 15 is 0 Å². The quantitative estimate of drug-likeness (QED) is 0.919. The molecule has 0 radical (unpaired) electrons. The summed E-state index contributed by atoms with van der Waals surface area (Å²) in [6, 6.07) is 6.96. The molecule has 2 N–H and O–H groups in total. The fraction of sp³-hybridized carbons (Fsp3) is 0.562. The fourth-order valence-corrected chi connectivity index (χ4v) is 4.33. The maximum Gasteiger partial charge on any atom is 0.243 e. The topological polar surface area (TPSA) is 80.5 Å². The molecule has 1 aliphatic rings. The number of nitrogens with zero attached hydrogens (tertiary/aromatic N) is 1. The molecule has 1 aromatic carbocycles. The van der Waals surface area contributed by atoms with E-state index in [2.05, 4.69) is 20.8 Å². The van der Waals surface area contributed by atoms with E-state index in [1.54, 1.807) is 12.1 Å². The molecule has 0 bridgehead atoms. The van der Waals surface area contributed by atoms with Gasteiger partial charge in [0.25, 0.3) is 0 Å². The second-order valence-electron chi connectivity index (χ2n) is 7.08. The molecule has 1 saturated heterocycles. The van der Waals surface area contributed by atoms with E-state index in [-0.39, 0.29) is 22.8 Å². The Hall–Kier alpha value is -1.40. The molecule has 122 valence electrons. The molecule has 0 saturated carbocycles. The zero-order valence-electron chi connectivity index (χ0n) is 13.5. The maximum absolute atomic E-state index is 12.7. The molecule has 1 amide bonds. The predicted molar refractivity (Wildman–Crippen MR) is 85.7 cm³/mol. The van der Waals surface area contributed by atoms with Gasteiger partial charge in [-0.25, -0.2) is 8.42 Å². The number of nitrogens with two attached hydrogens (primary N) is 1. The van der Waals surface area contributed by atoms with Crippen LogP contribution >= 0.6 is 0 Å². The Bertz CT molecular complexity index is 660. The van der Waals surface area contributed by atoms with E-state index in [4.69, 9.17) is 5.73 Å². The van der Waals surface area contributed by atoms with Crippen molar-refractivity contribution >= 4 is 15.9 Å². The highest BCUT2D eigenvalue weighted by molar-refractivity contribution is 7.89. The van der Waals surface area contributed by atoms with Crippen molar-refractivity contribution in [3.63, 3.8) is 0 Å². The zero-order valence-corrected chi connectivity index (χ0v) is 14.4. The molecule has 1 aliphatic heterocycles. The van der Waals surface area contributed by atoms with Crippen LogP contribution in [0.25, 0.3) is 0 Å². The minimum absolute atomic E-state index is 0.0263. The van der Waals surface area contributed by atoms with E-state index in [1.165, 1.54) is 4.31 Å². The first-order chi connectivity index (χ1) is 10.0. The summed E-state index contributed by atoms with van der Waals surface area (Å²) in [5.74, 6) is -0.905. The van der Waals surface area contributed by atoms with Crippen molar-refractivity contribution in [2.45, 2.75) is 38.0 Å². The molecule has 1 aromatic rings. The average Bonchev–Trinajstić information content (AvgIpc) is 2.81. The van der Waals surface area contributed by atoms with Crippen LogP contribution in [-0.4, -0.2) is 31.7 Å². The van der Waals surface area contributed by atoms with Crippen molar-refractivity contribution in [1.82, 2.24) is 4.31 Å². The number of primary amides is 1. The van der Waals surface area contributed by atoms with Gasteiger partial charge in [-0.3, -0.25) is 4.79 Å². The van der Waals surface area contributed by atoms with Gasteiger partial charge in [0.1, 0.15) is 0 Å². The summed E-state index contributed by atoms with van der Waals surface area (Å²) in [6.45, 7) is 8.59. The Morgan fingerprint density at radius 3 is 2.14 bits per heavy atom. The van der Waals surface area contributed by atoms with Gasteiger partial charge in [-0.1, -0.05) is 39.8 Å².